The molecule has 174 valence electrons. The van der Waals surface area contributed by atoms with E-state index in [-0.39, 0.29) is 24.0 Å². The van der Waals surface area contributed by atoms with Crippen LogP contribution in [0, 0.1) is 0 Å². The molecule has 0 bridgehead atoms. The second-order valence-electron chi connectivity index (χ2n) is 8.14. The number of hydrogen-bond donors (Lipinski definition) is 1. The average molecular weight is 567 g/mol. The van der Waals surface area contributed by atoms with Crippen LogP contribution in [0.4, 0.5) is 5.13 Å². The molecule has 4 rings (SSSR count). The van der Waals surface area contributed by atoms with E-state index < -0.39 is 0 Å². The van der Waals surface area contributed by atoms with Crippen molar-refractivity contribution in [1.29, 1.82) is 0 Å². The zero-order valence-electron chi connectivity index (χ0n) is 18.9. The molecule has 0 unspecified atom stereocenters. The van der Waals surface area contributed by atoms with Crippen LogP contribution in [-0.4, -0.2) is 80.1 Å². The summed E-state index contributed by atoms with van der Waals surface area (Å²) in [7, 11) is 1.88. The molecule has 2 fully saturated rings. The van der Waals surface area contributed by atoms with Crippen molar-refractivity contribution in [2.75, 3.05) is 64.3 Å². The highest BCUT2D eigenvalue weighted by atomic mass is 127. The Bertz CT molecular complexity index is 854. The van der Waals surface area contributed by atoms with Crippen molar-refractivity contribution < 1.29 is 0 Å². The third-order valence-electron chi connectivity index (χ3n) is 5.94. The largest absolute Gasteiger partial charge is 0.356 e. The summed E-state index contributed by atoms with van der Waals surface area (Å²) in [6.45, 7) is 8.32. The molecule has 1 aromatic carbocycles. The molecular formula is C24H35IN6S. The highest BCUT2D eigenvalue weighted by molar-refractivity contribution is 14.0. The molecule has 0 spiro atoms. The summed E-state index contributed by atoms with van der Waals surface area (Å²) in [5.41, 5.74) is 2.45. The van der Waals surface area contributed by atoms with Crippen molar-refractivity contribution in [3.8, 4) is 0 Å². The number of aromatic nitrogens is 1. The predicted octanol–water partition coefficient (Wildman–Crippen LogP) is 3.81. The number of anilines is 1. The quantitative estimate of drug-likeness (QED) is 0.314. The van der Waals surface area contributed by atoms with Crippen molar-refractivity contribution in [3.05, 3.63) is 53.0 Å². The fourth-order valence-electron chi connectivity index (χ4n) is 4.14. The molecule has 0 amide bonds. The lowest BCUT2D eigenvalue weighted by Crippen LogP contribution is -2.52. The van der Waals surface area contributed by atoms with E-state index in [0.717, 1.165) is 64.7 Å². The summed E-state index contributed by atoms with van der Waals surface area (Å²) >= 11 is 1.78. The number of rotatable bonds is 7. The molecule has 0 saturated carbocycles. The lowest BCUT2D eigenvalue weighted by molar-refractivity contribution is 0.194. The number of hydrogen-bond acceptors (Lipinski definition) is 5. The molecule has 1 aromatic heterocycles. The minimum Gasteiger partial charge on any atom is -0.356 e. The van der Waals surface area contributed by atoms with Gasteiger partial charge in [-0.3, -0.25) is 9.89 Å². The Balaban J connectivity index is 0.00000289. The minimum atomic E-state index is 0. The lowest BCUT2D eigenvalue weighted by Gasteiger charge is -2.36. The first-order chi connectivity index (χ1) is 15.3. The van der Waals surface area contributed by atoms with Crippen molar-refractivity contribution in [1.82, 2.24) is 20.1 Å². The SMILES string of the molecule is CN=C(NCCc1csc(N2CCCC2)n1)N1CCN(C/C=C/c2ccccc2)CC1.I. The van der Waals surface area contributed by atoms with Gasteiger partial charge in [0.05, 0.1) is 5.69 Å². The number of piperazine rings is 1. The van der Waals surface area contributed by atoms with Crippen LogP contribution in [0.2, 0.25) is 0 Å². The molecule has 8 heteroatoms. The van der Waals surface area contributed by atoms with Crippen LogP contribution >= 0.6 is 35.3 Å². The summed E-state index contributed by atoms with van der Waals surface area (Å²) in [6.07, 6.45) is 8.00. The first kappa shape index (κ1) is 25.0. The maximum Gasteiger partial charge on any atom is 0.193 e. The summed E-state index contributed by atoms with van der Waals surface area (Å²) in [5.74, 6) is 1.01. The third-order valence-corrected chi connectivity index (χ3v) is 6.89. The highest BCUT2D eigenvalue weighted by Gasteiger charge is 2.19. The smallest absolute Gasteiger partial charge is 0.193 e. The number of thiazole rings is 1. The van der Waals surface area contributed by atoms with Gasteiger partial charge in [0.2, 0.25) is 0 Å². The molecule has 6 nitrogen and oxygen atoms in total. The third kappa shape index (κ3) is 7.18. The van der Waals surface area contributed by atoms with Gasteiger partial charge >= 0.3 is 0 Å². The number of guanidine groups is 1. The van der Waals surface area contributed by atoms with Gasteiger partial charge in [-0.25, -0.2) is 4.98 Å². The van der Waals surface area contributed by atoms with Gasteiger partial charge in [0.25, 0.3) is 0 Å². The molecule has 0 aliphatic carbocycles. The van der Waals surface area contributed by atoms with Crippen molar-refractivity contribution in [3.63, 3.8) is 0 Å². The Morgan fingerprint density at radius 3 is 2.56 bits per heavy atom. The number of nitrogens with zero attached hydrogens (tertiary/aromatic N) is 5. The second kappa shape index (κ2) is 13.2. The number of nitrogens with one attached hydrogen (secondary N) is 1. The first-order valence-corrected chi connectivity index (χ1v) is 12.3. The van der Waals surface area contributed by atoms with E-state index in [4.69, 9.17) is 4.98 Å². The predicted molar refractivity (Wildman–Crippen MR) is 148 cm³/mol. The van der Waals surface area contributed by atoms with Crippen LogP contribution in [0.1, 0.15) is 24.1 Å². The Morgan fingerprint density at radius 2 is 1.84 bits per heavy atom. The van der Waals surface area contributed by atoms with Crippen LogP contribution in [0.25, 0.3) is 6.08 Å². The van der Waals surface area contributed by atoms with Gasteiger partial charge < -0.3 is 15.1 Å². The molecule has 2 saturated heterocycles. The summed E-state index contributed by atoms with van der Waals surface area (Å²) in [4.78, 5) is 16.6. The molecule has 32 heavy (non-hydrogen) atoms. The standard InChI is InChI=1S/C24H34N6S.HI/c1-25-23(26-12-11-22-20-31-24(27-22)30-14-5-6-15-30)29-18-16-28(17-19-29)13-7-10-21-8-3-2-4-9-21;/h2-4,7-10,20H,5-6,11-19H2,1H3,(H,25,26);1H/b10-7+;. The van der Waals surface area contributed by atoms with Crippen molar-refractivity contribution >= 4 is 52.5 Å². The zero-order valence-corrected chi connectivity index (χ0v) is 22.1. The van der Waals surface area contributed by atoms with E-state index in [1.807, 2.05) is 7.05 Å². The maximum atomic E-state index is 4.83. The molecule has 2 aliphatic rings. The molecule has 3 heterocycles. The normalized spacial score (nSPS) is 17.7. The van der Waals surface area contributed by atoms with E-state index in [1.165, 1.54) is 29.2 Å². The van der Waals surface area contributed by atoms with E-state index in [0.29, 0.717) is 0 Å². The lowest BCUT2D eigenvalue weighted by atomic mass is 10.2. The van der Waals surface area contributed by atoms with Crippen LogP contribution in [0.15, 0.2) is 46.8 Å². The second-order valence-corrected chi connectivity index (χ2v) is 8.98. The van der Waals surface area contributed by atoms with Gasteiger partial charge in [-0.1, -0.05) is 42.5 Å². The van der Waals surface area contributed by atoms with Crippen LogP contribution < -0.4 is 10.2 Å². The molecule has 0 atom stereocenters. The zero-order chi connectivity index (χ0) is 21.3. The van der Waals surface area contributed by atoms with Crippen LogP contribution in [0.5, 0.6) is 0 Å². The topological polar surface area (TPSA) is 47.0 Å². The van der Waals surface area contributed by atoms with Crippen LogP contribution in [-0.2, 0) is 6.42 Å². The van der Waals surface area contributed by atoms with Crippen molar-refractivity contribution in [2.24, 2.45) is 4.99 Å². The van der Waals surface area contributed by atoms with Crippen molar-refractivity contribution in [2.45, 2.75) is 19.3 Å². The Labute approximate surface area is 213 Å². The van der Waals surface area contributed by atoms with E-state index in [9.17, 15) is 0 Å². The van der Waals surface area contributed by atoms with Gasteiger partial charge in [-0.15, -0.1) is 35.3 Å². The summed E-state index contributed by atoms with van der Waals surface area (Å²) in [6, 6.07) is 10.5. The van der Waals surface area contributed by atoms with E-state index >= 15 is 0 Å². The van der Waals surface area contributed by atoms with Gasteiger partial charge in [-0.2, -0.15) is 0 Å². The first-order valence-electron chi connectivity index (χ1n) is 11.4. The van der Waals surface area contributed by atoms with Gasteiger partial charge in [-0.05, 0) is 18.4 Å². The van der Waals surface area contributed by atoms with E-state index in [2.05, 4.69) is 72.9 Å². The molecule has 1 N–H and O–H groups in total. The fraction of sp³-hybridized carbons (Fsp3) is 0.500. The number of aliphatic imine (C=N–C) groups is 1. The fourth-order valence-corrected chi connectivity index (χ4v) is 5.06. The Hall–Kier alpha value is -1.65. The Kier molecular flexibility index (Phi) is 10.3. The molecule has 2 aromatic rings. The van der Waals surface area contributed by atoms with Gasteiger partial charge in [0.1, 0.15) is 0 Å². The molecule has 2 aliphatic heterocycles. The number of benzene rings is 1. The monoisotopic (exact) mass is 566 g/mol. The number of halogens is 1. The molecule has 0 radical (unpaired) electrons. The average Bonchev–Trinajstić information content (AvgIpc) is 3.50. The van der Waals surface area contributed by atoms with E-state index in [1.54, 1.807) is 11.3 Å². The summed E-state index contributed by atoms with van der Waals surface area (Å²) in [5, 5.41) is 6.94. The van der Waals surface area contributed by atoms with Gasteiger partial charge in [0.15, 0.2) is 11.1 Å². The maximum absolute atomic E-state index is 4.83. The highest BCUT2D eigenvalue weighted by Crippen LogP contribution is 2.24. The minimum absolute atomic E-state index is 0. The van der Waals surface area contributed by atoms with Crippen LogP contribution in [0.3, 0.4) is 0 Å². The summed E-state index contributed by atoms with van der Waals surface area (Å²) < 4.78 is 0. The molecular weight excluding hydrogens is 531 g/mol. The Morgan fingerprint density at radius 1 is 1.09 bits per heavy atom. The van der Waals surface area contributed by atoms with Gasteiger partial charge in [0, 0.05) is 71.2 Å².